The van der Waals surface area contributed by atoms with E-state index in [0.29, 0.717) is 6.61 Å². The minimum atomic E-state index is -0.376. The van der Waals surface area contributed by atoms with Gasteiger partial charge in [-0.3, -0.25) is 4.79 Å². The molecule has 1 amide bonds. The van der Waals surface area contributed by atoms with Gasteiger partial charge in [0.05, 0.1) is 12.6 Å². The number of rotatable bonds is 4. The van der Waals surface area contributed by atoms with E-state index in [1.165, 1.54) is 0 Å². The molecule has 21 heavy (non-hydrogen) atoms. The fraction of sp³-hybridized carbons (Fsp3) is 0.588. The van der Waals surface area contributed by atoms with Crippen LogP contribution in [-0.2, 0) is 9.53 Å². The van der Waals surface area contributed by atoms with Crippen LogP contribution in [0.15, 0.2) is 30.3 Å². The quantitative estimate of drug-likeness (QED) is 0.800. The number of hydrogen-bond acceptors (Lipinski definition) is 3. The lowest BCUT2D eigenvalue weighted by atomic mass is 9.68. The average molecular weight is 289 g/mol. The lowest BCUT2D eigenvalue weighted by molar-refractivity contribution is -0.243. The highest BCUT2D eigenvalue weighted by Gasteiger charge is 2.62. The molecular weight excluding hydrogens is 266 g/mol. The molecule has 2 aliphatic heterocycles. The fourth-order valence-electron chi connectivity index (χ4n) is 3.59. The number of nitrogens with zero attached hydrogens (tertiary/aromatic N) is 1. The molecule has 0 aromatic heterocycles. The molecule has 2 fully saturated rings. The first-order valence-electron chi connectivity index (χ1n) is 7.78. The number of carbonyl (C=O) groups excluding carboxylic acids is 1. The Kier molecular flexibility index (Phi) is 3.66. The van der Waals surface area contributed by atoms with Crippen molar-refractivity contribution in [1.82, 2.24) is 4.90 Å². The highest BCUT2D eigenvalue weighted by molar-refractivity contribution is 5.89. The van der Waals surface area contributed by atoms with Gasteiger partial charge in [-0.1, -0.05) is 32.0 Å². The van der Waals surface area contributed by atoms with E-state index in [2.05, 4.69) is 13.8 Å². The van der Waals surface area contributed by atoms with E-state index in [9.17, 15) is 4.79 Å². The van der Waals surface area contributed by atoms with Gasteiger partial charge in [-0.05, 0) is 31.9 Å². The zero-order chi connectivity index (χ0) is 15.0. The third-order valence-corrected chi connectivity index (χ3v) is 5.13. The van der Waals surface area contributed by atoms with E-state index in [1.807, 2.05) is 42.2 Å². The maximum atomic E-state index is 12.5. The molecule has 0 bridgehead atoms. The molecule has 0 saturated carbocycles. The van der Waals surface area contributed by atoms with Crippen LogP contribution in [0.3, 0.4) is 0 Å². The van der Waals surface area contributed by atoms with Gasteiger partial charge in [0.1, 0.15) is 12.0 Å². The number of hydrogen-bond donors (Lipinski definition) is 0. The summed E-state index contributed by atoms with van der Waals surface area (Å²) in [6.07, 6.45) is 1.45. The monoisotopic (exact) mass is 289 g/mol. The molecule has 114 valence electrons. The van der Waals surface area contributed by atoms with Crippen LogP contribution in [0.5, 0.6) is 5.75 Å². The molecule has 1 aromatic carbocycles. The van der Waals surface area contributed by atoms with E-state index >= 15 is 0 Å². The highest BCUT2D eigenvalue weighted by atomic mass is 16.5. The Hall–Kier alpha value is -1.55. The summed E-state index contributed by atoms with van der Waals surface area (Å²) >= 11 is 0. The SMILES string of the molecule is CCC1(CC)COC(C)N2C(=O)[C@@H](Oc3ccccc3)[C@@H]21. The number of fused-ring (bicyclic) bond motifs is 1. The number of para-hydroxylation sites is 1. The lowest BCUT2D eigenvalue weighted by Gasteiger charge is -2.60. The van der Waals surface area contributed by atoms with Gasteiger partial charge in [-0.25, -0.2) is 0 Å². The van der Waals surface area contributed by atoms with Crippen molar-refractivity contribution in [3.8, 4) is 5.75 Å². The second-order valence-electron chi connectivity index (χ2n) is 6.02. The van der Waals surface area contributed by atoms with Gasteiger partial charge in [0.2, 0.25) is 0 Å². The standard InChI is InChI=1S/C17H23NO3/c1-4-17(5-2)11-20-12(3)18-15(17)14(16(18)19)21-13-9-7-6-8-10-13/h6-10,12,14-15H,4-5,11H2,1-3H3/t12?,14-,15+/m0/s1. The summed E-state index contributed by atoms with van der Waals surface area (Å²) < 4.78 is 11.8. The Morgan fingerprint density at radius 1 is 1.29 bits per heavy atom. The first kappa shape index (κ1) is 14.4. The molecule has 4 heteroatoms. The Labute approximate surface area is 126 Å². The van der Waals surface area contributed by atoms with Crippen LogP contribution >= 0.6 is 0 Å². The van der Waals surface area contributed by atoms with Gasteiger partial charge < -0.3 is 14.4 Å². The molecule has 0 radical (unpaired) electrons. The summed E-state index contributed by atoms with van der Waals surface area (Å²) in [6, 6.07) is 9.71. The van der Waals surface area contributed by atoms with Crippen LogP contribution in [0.25, 0.3) is 0 Å². The van der Waals surface area contributed by atoms with Gasteiger partial charge in [-0.2, -0.15) is 0 Å². The maximum Gasteiger partial charge on any atom is 0.268 e. The van der Waals surface area contributed by atoms with Crippen molar-refractivity contribution in [3.63, 3.8) is 0 Å². The third kappa shape index (κ3) is 2.13. The van der Waals surface area contributed by atoms with Crippen molar-refractivity contribution in [3.05, 3.63) is 30.3 Å². The van der Waals surface area contributed by atoms with Crippen LogP contribution in [0, 0.1) is 5.41 Å². The average Bonchev–Trinajstić information content (AvgIpc) is 2.53. The lowest BCUT2D eigenvalue weighted by Crippen LogP contribution is -2.77. The van der Waals surface area contributed by atoms with Crippen LogP contribution in [0.4, 0.5) is 0 Å². The second kappa shape index (κ2) is 5.34. The van der Waals surface area contributed by atoms with E-state index in [1.54, 1.807) is 0 Å². The minimum Gasteiger partial charge on any atom is -0.478 e. The molecule has 2 heterocycles. The normalized spacial score (nSPS) is 30.5. The number of amides is 1. The molecule has 0 spiro atoms. The van der Waals surface area contributed by atoms with E-state index in [0.717, 1.165) is 18.6 Å². The molecule has 4 nitrogen and oxygen atoms in total. The van der Waals surface area contributed by atoms with Gasteiger partial charge >= 0.3 is 0 Å². The summed E-state index contributed by atoms with van der Waals surface area (Å²) in [5.74, 6) is 0.804. The zero-order valence-electron chi connectivity index (χ0n) is 12.9. The zero-order valence-corrected chi connectivity index (χ0v) is 12.9. The van der Waals surface area contributed by atoms with Crippen molar-refractivity contribution in [2.45, 2.75) is 52.0 Å². The topological polar surface area (TPSA) is 38.8 Å². The van der Waals surface area contributed by atoms with Crippen molar-refractivity contribution >= 4 is 5.91 Å². The molecule has 2 aliphatic rings. The van der Waals surface area contributed by atoms with Gasteiger partial charge in [-0.15, -0.1) is 0 Å². The molecule has 0 N–H and O–H groups in total. The first-order chi connectivity index (χ1) is 10.1. The second-order valence-corrected chi connectivity index (χ2v) is 6.02. The molecule has 0 aliphatic carbocycles. The van der Waals surface area contributed by atoms with Crippen LogP contribution in [0.1, 0.15) is 33.6 Å². The van der Waals surface area contributed by atoms with Gasteiger partial charge in [0.25, 0.3) is 5.91 Å². The van der Waals surface area contributed by atoms with Crippen molar-refractivity contribution in [1.29, 1.82) is 0 Å². The third-order valence-electron chi connectivity index (χ3n) is 5.13. The Balaban J connectivity index is 1.86. The molecule has 1 aromatic rings. The van der Waals surface area contributed by atoms with Crippen LogP contribution in [-0.4, -0.2) is 35.8 Å². The summed E-state index contributed by atoms with van der Waals surface area (Å²) in [5, 5.41) is 0. The van der Waals surface area contributed by atoms with E-state index in [4.69, 9.17) is 9.47 Å². The molecule has 3 atom stereocenters. The van der Waals surface area contributed by atoms with Gasteiger partial charge in [0.15, 0.2) is 6.10 Å². The minimum absolute atomic E-state index is 0.000132. The molecule has 1 unspecified atom stereocenters. The summed E-state index contributed by atoms with van der Waals surface area (Å²) in [6.45, 7) is 6.98. The Bertz CT molecular complexity index is 512. The molecular formula is C17H23NO3. The first-order valence-corrected chi connectivity index (χ1v) is 7.78. The largest absolute Gasteiger partial charge is 0.478 e. The van der Waals surface area contributed by atoms with Gasteiger partial charge in [0, 0.05) is 5.41 Å². The predicted octanol–water partition coefficient (Wildman–Crippen LogP) is 2.83. The van der Waals surface area contributed by atoms with Crippen LogP contribution < -0.4 is 4.74 Å². The Morgan fingerprint density at radius 3 is 2.57 bits per heavy atom. The summed E-state index contributed by atoms with van der Waals surface area (Å²) in [5.41, 5.74) is -0.000132. The number of carbonyl (C=O) groups is 1. The van der Waals surface area contributed by atoms with E-state index in [-0.39, 0.29) is 29.7 Å². The number of ether oxygens (including phenoxy) is 2. The van der Waals surface area contributed by atoms with Crippen molar-refractivity contribution in [2.24, 2.45) is 5.41 Å². The van der Waals surface area contributed by atoms with Crippen molar-refractivity contribution in [2.75, 3.05) is 6.61 Å². The fourth-order valence-corrected chi connectivity index (χ4v) is 3.59. The van der Waals surface area contributed by atoms with Crippen LogP contribution in [0.2, 0.25) is 0 Å². The van der Waals surface area contributed by atoms with E-state index < -0.39 is 0 Å². The Morgan fingerprint density at radius 2 is 1.95 bits per heavy atom. The highest BCUT2D eigenvalue weighted by Crippen LogP contribution is 2.47. The molecule has 3 rings (SSSR count). The number of β-lactam (4-membered cyclic amide) rings is 1. The maximum absolute atomic E-state index is 12.5. The van der Waals surface area contributed by atoms with Crippen molar-refractivity contribution < 1.29 is 14.3 Å². The smallest absolute Gasteiger partial charge is 0.268 e. The number of benzene rings is 1. The predicted molar refractivity (Wildman–Crippen MR) is 79.9 cm³/mol. The summed E-state index contributed by atoms with van der Waals surface area (Å²) in [7, 11) is 0. The summed E-state index contributed by atoms with van der Waals surface area (Å²) in [4.78, 5) is 14.3. The molecule has 2 saturated heterocycles.